The van der Waals surface area contributed by atoms with E-state index in [1.165, 1.54) is 18.5 Å². The summed E-state index contributed by atoms with van der Waals surface area (Å²) >= 11 is 0. The van der Waals surface area contributed by atoms with E-state index in [0.717, 1.165) is 12.8 Å². The van der Waals surface area contributed by atoms with Crippen molar-refractivity contribution >= 4 is 6.21 Å². The molecule has 0 aliphatic rings. The van der Waals surface area contributed by atoms with Gasteiger partial charge in [-0.1, -0.05) is 20.8 Å². The van der Waals surface area contributed by atoms with E-state index in [2.05, 4.69) is 51.5 Å². The van der Waals surface area contributed by atoms with E-state index >= 15 is 0 Å². The quantitative estimate of drug-likeness (QED) is 0.446. The number of rotatable bonds is 6. The van der Waals surface area contributed by atoms with Crippen LogP contribution >= 0.6 is 0 Å². The van der Waals surface area contributed by atoms with Crippen molar-refractivity contribution in [3.05, 3.63) is 11.8 Å². The van der Waals surface area contributed by atoms with Gasteiger partial charge in [0.25, 0.3) is 0 Å². The standard InChI is InChI=1S/C13H26N/c1-6-10-12(5)14(9-4)13(8-3)11-7-2/h9,11-12H,6-8,10H2,1-5H3/q+1. The number of nitrogens with zero attached hydrogens (tertiary/aromatic N) is 1. The zero-order valence-corrected chi connectivity index (χ0v) is 10.5. The van der Waals surface area contributed by atoms with Crippen LogP contribution in [0.4, 0.5) is 0 Å². The van der Waals surface area contributed by atoms with Gasteiger partial charge in [0.1, 0.15) is 6.21 Å². The maximum atomic E-state index is 2.42. The zero-order chi connectivity index (χ0) is 11.0. The summed E-state index contributed by atoms with van der Waals surface area (Å²) in [5.74, 6) is 0. The zero-order valence-electron chi connectivity index (χ0n) is 10.5. The van der Waals surface area contributed by atoms with Crippen LogP contribution in [0.25, 0.3) is 0 Å². The third kappa shape index (κ3) is 4.08. The van der Waals surface area contributed by atoms with Gasteiger partial charge < -0.3 is 0 Å². The molecule has 0 heterocycles. The lowest BCUT2D eigenvalue weighted by molar-refractivity contribution is -0.514. The monoisotopic (exact) mass is 196 g/mol. The Bertz CT molecular complexity index is 201. The molecule has 0 aromatic heterocycles. The minimum absolute atomic E-state index is 0.641. The number of hydrogen-bond acceptors (Lipinski definition) is 0. The molecular formula is C13H26N+. The molecule has 0 spiro atoms. The first-order valence-corrected chi connectivity index (χ1v) is 5.97. The lowest BCUT2D eigenvalue weighted by Crippen LogP contribution is -2.23. The Balaban J connectivity index is 4.61. The summed E-state index contributed by atoms with van der Waals surface area (Å²) in [5, 5.41) is 0. The Morgan fingerprint density at radius 1 is 1.29 bits per heavy atom. The first-order valence-electron chi connectivity index (χ1n) is 5.97. The van der Waals surface area contributed by atoms with E-state index in [4.69, 9.17) is 0 Å². The van der Waals surface area contributed by atoms with Gasteiger partial charge in [0.05, 0.1) is 0 Å². The molecule has 82 valence electrons. The van der Waals surface area contributed by atoms with Gasteiger partial charge in [-0.05, 0) is 25.8 Å². The Morgan fingerprint density at radius 2 is 1.93 bits per heavy atom. The van der Waals surface area contributed by atoms with Crippen LogP contribution in [0.2, 0.25) is 0 Å². The van der Waals surface area contributed by atoms with Crippen molar-refractivity contribution in [2.45, 2.75) is 66.3 Å². The topological polar surface area (TPSA) is 3.01 Å². The van der Waals surface area contributed by atoms with Gasteiger partial charge in [-0.2, -0.15) is 0 Å². The summed E-state index contributed by atoms with van der Waals surface area (Å²) in [4.78, 5) is 0. The Morgan fingerprint density at radius 3 is 2.29 bits per heavy atom. The molecule has 1 nitrogen and oxygen atoms in total. The summed E-state index contributed by atoms with van der Waals surface area (Å²) < 4.78 is 2.42. The molecule has 0 bridgehead atoms. The fourth-order valence-electron chi connectivity index (χ4n) is 1.93. The van der Waals surface area contributed by atoms with Gasteiger partial charge in [-0.15, -0.1) is 0 Å². The van der Waals surface area contributed by atoms with Gasteiger partial charge in [0, 0.05) is 19.8 Å². The highest BCUT2D eigenvalue weighted by Gasteiger charge is 2.16. The summed E-state index contributed by atoms with van der Waals surface area (Å²) in [5.41, 5.74) is 1.47. The second kappa shape index (κ2) is 7.78. The van der Waals surface area contributed by atoms with Crippen molar-refractivity contribution in [1.29, 1.82) is 0 Å². The summed E-state index contributed by atoms with van der Waals surface area (Å²) in [6.07, 6.45) is 9.34. The molecule has 0 saturated carbocycles. The molecule has 0 aromatic carbocycles. The first-order chi connectivity index (χ1) is 6.71. The molecule has 1 unspecified atom stereocenters. The maximum Gasteiger partial charge on any atom is 0.176 e. The van der Waals surface area contributed by atoms with Gasteiger partial charge in [-0.3, -0.25) is 0 Å². The largest absolute Gasteiger partial charge is 0.204 e. The minimum atomic E-state index is 0.641. The lowest BCUT2D eigenvalue weighted by Gasteiger charge is -2.11. The van der Waals surface area contributed by atoms with Crippen molar-refractivity contribution in [2.75, 3.05) is 0 Å². The molecule has 1 atom stereocenters. The molecule has 0 fully saturated rings. The summed E-state index contributed by atoms with van der Waals surface area (Å²) in [7, 11) is 0. The van der Waals surface area contributed by atoms with Gasteiger partial charge in [0.15, 0.2) is 11.7 Å². The number of hydrogen-bond donors (Lipinski definition) is 0. The normalized spacial score (nSPS) is 15.8. The summed E-state index contributed by atoms with van der Waals surface area (Å²) in [6, 6.07) is 0.641. The Kier molecular flexibility index (Phi) is 7.45. The highest BCUT2D eigenvalue weighted by molar-refractivity contribution is 5.47. The average molecular weight is 196 g/mol. The average Bonchev–Trinajstić information content (AvgIpc) is 2.18. The van der Waals surface area contributed by atoms with E-state index in [0.29, 0.717) is 6.04 Å². The van der Waals surface area contributed by atoms with E-state index in [1.54, 1.807) is 0 Å². The molecule has 1 heteroatoms. The fraction of sp³-hybridized carbons (Fsp3) is 0.769. The molecule has 0 amide bonds. The smallest absolute Gasteiger partial charge is 0.176 e. The van der Waals surface area contributed by atoms with Crippen LogP contribution in [0.15, 0.2) is 11.8 Å². The van der Waals surface area contributed by atoms with Crippen molar-refractivity contribution in [2.24, 2.45) is 0 Å². The predicted molar refractivity (Wildman–Crippen MR) is 65.0 cm³/mol. The highest BCUT2D eigenvalue weighted by atomic mass is 15.0. The molecule has 0 aliphatic carbocycles. The predicted octanol–water partition coefficient (Wildman–Crippen LogP) is 3.98. The van der Waals surface area contributed by atoms with Crippen LogP contribution in [0, 0.1) is 0 Å². The number of allylic oxidation sites excluding steroid dienone is 2. The van der Waals surface area contributed by atoms with Crippen LogP contribution < -0.4 is 0 Å². The molecular weight excluding hydrogens is 170 g/mol. The van der Waals surface area contributed by atoms with Crippen LogP contribution in [-0.4, -0.2) is 16.8 Å². The highest BCUT2D eigenvalue weighted by Crippen LogP contribution is 2.11. The third-order valence-electron chi connectivity index (χ3n) is 2.59. The van der Waals surface area contributed by atoms with Crippen molar-refractivity contribution in [1.82, 2.24) is 0 Å². The van der Waals surface area contributed by atoms with E-state index in [9.17, 15) is 0 Å². The second-order valence-electron chi connectivity index (χ2n) is 3.76. The Labute approximate surface area is 89.5 Å². The molecule has 0 radical (unpaired) electrons. The fourth-order valence-corrected chi connectivity index (χ4v) is 1.93. The van der Waals surface area contributed by atoms with E-state index in [-0.39, 0.29) is 0 Å². The molecule has 0 aliphatic heterocycles. The second-order valence-corrected chi connectivity index (χ2v) is 3.76. The molecule has 14 heavy (non-hydrogen) atoms. The van der Waals surface area contributed by atoms with Crippen molar-refractivity contribution in [3.63, 3.8) is 0 Å². The third-order valence-corrected chi connectivity index (χ3v) is 2.59. The van der Waals surface area contributed by atoms with Crippen LogP contribution in [-0.2, 0) is 0 Å². The van der Waals surface area contributed by atoms with Gasteiger partial charge in [-0.25, -0.2) is 4.58 Å². The minimum Gasteiger partial charge on any atom is -0.204 e. The van der Waals surface area contributed by atoms with Crippen LogP contribution in [0.5, 0.6) is 0 Å². The van der Waals surface area contributed by atoms with Gasteiger partial charge in [0.2, 0.25) is 0 Å². The van der Waals surface area contributed by atoms with Crippen molar-refractivity contribution in [3.8, 4) is 0 Å². The van der Waals surface area contributed by atoms with Crippen LogP contribution in [0.1, 0.15) is 60.3 Å². The van der Waals surface area contributed by atoms with E-state index in [1.807, 2.05) is 0 Å². The molecule has 0 aromatic rings. The molecule has 0 N–H and O–H groups in total. The van der Waals surface area contributed by atoms with E-state index < -0.39 is 0 Å². The SMILES string of the molecule is CC=[N+](C(=CCC)CC)C(C)CCC. The lowest BCUT2D eigenvalue weighted by atomic mass is 10.1. The maximum absolute atomic E-state index is 2.42. The van der Waals surface area contributed by atoms with Crippen molar-refractivity contribution < 1.29 is 4.58 Å². The molecule has 0 rings (SSSR count). The van der Waals surface area contributed by atoms with Gasteiger partial charge >= 0.3 is 0 Å². The first kappa shape index (κ1) is 13.4. The summed E-state index contributed by atoms with van der Waals surface area (Å²) in [6.45, 7) is 11.1. The molecule has 0 saturated heterocycles. The Hall–Kier alpha value is -0.590. The van der Waals surface area contributed by atoms with Crippen LogP contribution in [0.3, 0.4) is 0 Å².